The Morgan fingerprint density at radius 3 is 2.73 bits per heavy atom. The van der Waals surface area contributed by atoms with Gasteiger partial charge in [-0.1, -0.05) is 12.1 Å². The topological polar surface area (TPSA) is 114 Å². The number of hydrogen-bond donors (Lipinski definition) is 1. The first kappa shape index (κ1) is 22.2. The number of non-ortho nitro benzene ring substituents is 1. The number of hydrogen-bond acceptors (Lipinski definition) is 6. The zero-order chi connectivity index (χ0) is 22.1. The zero-order valence-electron chi connectivity index (χ0n) is 16.7. The van der Waals surface area contributed by atoms with Crippen molar-refractivity contribution in [2.24, 2.45) is 0 Å². The van der Waals surface area contributed by atoms with Crippen molar-refractivity contribution in [3.05, 3.63) is 75.9 Å². The third kappa shape index (κ3) is 5.45. The minimum absolute atomic E-state index is 0.166. The lowest BCUT2D eigenvalue weighted by molar-refractivity contribution is -0.384. The van der Waals surface area contributed by atoms with Crippen molar-refractivity contribution >= 4 is 23.4 Å². The van der Waals surface area contributed by atoms with Crippen LogP contribution in [0.4, 0.5) is 11.4 Å². The van der Waals surface area contributed by atoms with Gasteiger partial charge in [-0.25, -0.2) is 0 Å². The molecule has 1 N–H and O–H groups in total. The number of nitrogens with zero attached hydrogens (tertiary/aromatic N) is 2. The monoisotopic (exact) mass is 407 g/mol. The maximum absolute atomic E-state index is 12.5. The minimum atomic E-state index is -0.683. The molecule has 0 radical (unpaired) electrons. The normalized spacial score (nSPS) is 10.6. The van der Waals surface area contributed by atoms with Gasteiger partial charge in [0.25, 0.3) is 11.6 Å². The van der Waals surface area contributed by atoms with Gasteiger partial charge in [-0.15, -0.1) is 6.58 Å². The van der Waals surface area contributed by atoms with Crippen LogP contribution < -0.4 is 14.8 Å². The quantitative estimate of drug-likeness (QED) is 0.218. The van der Waals surface area contributed by atoms with Crippen LogP contribution in [0.2, 0.25) is 0 Å². The van der Waals surface area contributed by atoms with E-state index in [2.05, 4.69) is 11.9 Å². The van der Waals surface area contributed by atoms with Crippen LogP contribution >= 0.6 is 0 Å². The maximum atomic E-state index is 12.5. The Bertz CT molecular complexity index is 1040. The first-order valence-corrected chi connectivity index (χ1v) is 9.05. The summed E-state index contributed by atoms with van der Waals surface area (Å²) in [7, 11) is 1.53. The highest BCUT2D eigenvalue weighted by Gasteiger charge is 2.15. The number of nitriles is 1. The molecule has 0 unspecified atom stereocenters. The van der Waals surface area contributed by atoms with Crippen molar-refractivity contribution in [2.75, 3.05) is 19.0 Å². The largest absolute Gasteiger partial charge is 0.493 e. The second-order valence-corrected chi connectivity index (χ2v) is 6.07. The van der Waals surface area contributed by atoms with Gasteiger partial charge >= 0.3 is 0 Å². The summed E-state index contributed by atoms with van der Waals surface area (Å²) in [5.74, 6) is 0.368. The molecule has 0 aliphatic heterocycles. The summed E-state index contributed by atoms with van der Waals surface area (Å²) in [6.45, 7) is 5.98. The number of ether oxygens (including phenoxy) is 2. The van der Waals surface area contributed by atoms with Gasteiger partial charge in [-0.2, -0.15) is 5.26 Å². The van der Waals surface area contributed by atoms with Gasteiger partial charge < -0.3 is 14.8 Å². The molecule has 0 spiro atoms. The van der Waals surface area contributed by atoms with Crippen molar-refractivity contribution in [1.29, 1.82) is 5.26 Å². The van der Waals surface area contributed by atoms with Crippen molar-refractivity contribution in [1.82, 2.24) is 0 Å². The number of rotatable bonds is 9. The van der Waals surface area contributed by atoms with E-state index in [1.54, 1.807) is 18.2 Å². The molecule has 0 heterocycles. The number of nitro groups is 1. The predicted molar refractivity (Wildman–Crippen MR) is 113 cm³/mol. The molecule has 8 heteroatoms. The number of carbonyl (C=O) groups is 1. The van der Waals surface area contributed by atoms with Crippen molar-refractivity contribution in [2.45, 2.75) is 13.3 Å². The smallest absolute Gasteiger partial charge is 0.271 e. The third-order valence-corrected chi connectivity index (χ3v) is 4.01. The van der Waals surface area contributed by atoms with Gasteiger partial charge in [0.2, 0.25) is 0 Å². The number of allylic oxidation sites excluding steroid dienone is 1. The molecule has 1 amide bonds. The SMILES string of the molecule is C=CCc1cc(/C=C(\C#N)C(=O)Nc2cccc([N+](=O)[O-])c2)cc(OCC)c1OC. The van der Waals surface area contributed by atoms with E-state index in [9.17, 15) is 20.2 Å². The Morgan fingerprint density at radius 2 is 2.13 bits per heavy atom. The Kier molecular flexibility index (Phi) is 7.71. The molecule has 0 aromatic heterocycles. The lowest BCUT2D eigenvalue weighted by Gasteiger charge is -2.14. The summed E-state index contributed by atoms with van der Waals surface area (Å²) < 4.78 is 11.1. The molecule has 0 aliphatic rings. The average molecular weight is 407 g/mol. The van der Waals surface area contributed by atoms with Gasteiger partial charge in [0.1, 0.15) is 11.6 Å². The number of nitrogens with one attached hydrogen (secondary N) is 1. The summed E-state index contributed by atoms with van der Waals surface area (Å²) >= 11 is 0. The fourth-order valence-electron chi connectivity index (χ4n) is 2.78. The first-order chi connectivity index (χ1) is 14.4. The standard InChI is InChI=1S/C22H21N3O5/c1-4-7-16-10-15(12-20(30-5-2)21(16)29-3)11-17(14-23)22(26)24-18-8-6-9-19(13-18)25(27)28/h4,6,8-13H,1,5,7H2,2-3H3,(H,24,26)/b17-11+. The zero-order valence-corrected chi connectivity index (χ0v) is 16.7. The van der Waals surface area contributed by atoms with Crippen LogP contribution in [0.15, 0.2) is 54.6 Å². The Hall–Kier alpha value is -4.12. The second-order valence-electron chi connectivity index (χ2n) is 6.07. The molecule has 0 fully saturated rings. The minimum Gasteiger partial charge on any atom is -0.493 e. The molecule has 2 aromatic rings. The Morgan fingerprint density at radius 1 is 1.37 bits per heavy atom. The van der Waals surface area contributed by atoms with Crippen LogP contribution in [0.5, 0.6) is 11.5 Å². The first-order valence-electron chi connectivity index (χ1n) is 9.05. The number of carbonyl (C=O) groups excluding carboxylic acids is 1. The number of benzene rings is 2. The molecule has 30 heavy (non-hydrogen) atoms. The van der Waals surface area contributed by atoms with E-state index < -0.39 is 10.8 Å². The summed E-state index contributed by atoms with van der Waals surface area (Å²) in [5, 5.41) is 22.9. The van der Waals surface area contributed by atoms with E-state index in [4.69, 9.17) is 9.47 Å². The lowest BCUT2D eigenvalue weighted by Crippen LogP contribution is -2.13. The van der Waals surface area contributed by atoms with Gasteiger partial charge in [-0.05, 0) is 43.2 Å². The fourth-order valence-corrected chi connectivity index (χ4v) is 2.78. The lowest BCUT2D eigenvalue weighted by atomic mass is 10.0. The fraction of sp³-hybridized carbons (Fsp3) is 0.182. The predicted octanol–water partition coefficient (Wildman–Crippen LogP) is 4.28. The van der Waals surface area contributed by atoms with Crippen LogP contribution in [-0.2, 0) is 11.2 Å². The van der Waals surface area contributed by atoms with E-state index in [-0.39, 0.29) is 16.9 Å². The van der Waals surface area contributed by atoms with E-state index in [1.807, 2.05) is 13.0 Å². The third-order valence-electron chi connectivity index (χ3n) is 4.01. The molecule has 0 saturated heterocycles. The molecule has 0 saturated carbocycles. The highest BCUT2D eigenvalue weighted by Crippen LogP contribution is 2.34. The molecule has 0 aliphatic carbocycles. The Labute approximate surface area is 174 Å². The van der Waals surface area contributed by atoms with Crippen LogP contribution in [-0.4, -0.2) is 24.5 Å². The van der Waals surface area contributed by atoms with E-state index in [1.165, 1.54) is 37.5 Å². The highest BCUT2D eigenvalue weighted by atomic mass is 16.6. The van der Waals surface area contributed by atoms with Crippen molar-refractivity contribution in [3.63, 3.8) is 0 Å². The molecular weight excluding hydrogens is 386 g/mol. The highest BCUT2D eigenvalue weighted by molar-refractivity contribution is 6.09. The average Bonchev–Trinajstić information content (AvgIpc) is 2.72. The van der Waals surface area contributed by atoms with Crippen LogP contribution in [0.25, 0.3) is 6.08 Å². The second kappa shape index (κ2) is 10.4. The van der Waals surface area contributed by atoms with Gasteiger partial charge in [0.05, 0.1) is 18.6 Å². The van der Waals surface area contributed by atoms with Gasteiger partial charge in [-0.3, -0.25) is 14.9 Å². The van der Waals surface area contributed by atoms with Crippen molar-refractivity contribution < 1.29 is 19.2 Å². The molecule has 154 valence electrons. The van der Waals surface area contributed by atoms with E-state index in [0.29, 0.717) is 30.1 Å². The number of amides is 1. The molecule has 2 rings (SSSR count). The van der Waals surface area contributed by atoms with E-state index >= 15 is 0 Å². The number of methoxy groups -OCH3 is 1. The molecule has 8 nitrogen and oxygen atoms in total. The summed E-state index contributed by atoms with van der Waals surface area (Å²) in [6.07, 6.45) is 3.63. The maximum Gasteiger partial charge on any atom is 0.271 e. The number of anilines is 1. The molecule has 0 atom stereocenters. The molecular formula is C22H21N3O5. The van der Waals surface area contributed by atoms with Crippen LogP contribution in [0, 0.1) is 21.4 Å². The number of nitro benzene ring substituents is 1. The molecule has 2 aromatic carbocycles. The summed E-state index contributed by atoms with van der Waals surface area (Å²) in [4.78, 5) is 22.9. The van der Waals surface area contributed by atoms with Crippen molar-refractivity contribution in [3.8, 4) is 17.6 Å². The Balaban J connectivity index is 2.39. The van der Waals surface area contributed by atoms with Crippen LogP contribution in [0.1, 0.15) is 18.1 Å². The van der Waals surface area contributed by atoms with Crippen LogP contribution in [0.3, 0.4) is 0 Å². The van der Waals surface area contributed by atoms with Gasteiger partial charge in [0.15, 0.2) is 11.5 Å². The van der Waals surface area contributed by atoms with Gasteiger partial charge in [0, 0.05) is 23.4 Å². The summed E-state index contributed by atoms with van der Waals surface area (Å²) in [5.41, 5.74) is 1.25. The summed E-state index contributed by atoms with van der Waals surface area (Å²) in [6, 6.07) is 10.8. The molecule has 0 bridgehead atoms. The van der Waals surface area contributed by atoms with E-state index in [0.717, 1.165) is 5.56 Å².